The highest BCUT2D eigenvalue weighted by Gasteiger charge is 2.37. The SMILES string of the molecule is COC1(c2nc(-c3cn(-c4ccn(C)n4)nn3)cs2)CCOCC1. The number of thiazole rings is 1. The summed E-state index contributed by atoms with van der Waals surface area (Å²) in [6.07, 6.45) is 5.34. The third-order valence-electron chi connectivity index (χ3n) is 4.28. The average Bonchev–Trinajstić information content (AvgIpc) is 3.35. The molecule has 0 spiro atoms. The number of rotatable bonds is 4. The maximum Gasteiger partial charge on any atom is 0.176 e. The molecule has 0 N–H and O–H groups in total. The lowest BCUT2D eigenvalue weighted by Gasteiger charge is -2.33. The fraction of sp³-hybridized carbons (Fsp3) is 0.467. The van der Waals surface area contributed by atoms with Crippen LogP contribution in [0.5, 0.6) is 0 Å². The van der Waals surface area contributed by atoms with Crippen LogP contribution in [0.15, 0.2) is 23.8 Å². The lowest BCUT2D eigenvalue weighted by atomic mass is 9.95. The van der Waals surface area contributed by atoms with E-state index in [1.165, 1.54) is 0 Å². The van der Waals surface area contributed by atoms with Gasteiger partial charge in [-0.15, -0.1) is 16.4 Å². The number of hydrogen-bond acceptors (Lipinski definition) is 7. The van der Waals surface area contributed by atoms with Crippen LogP contribution in [-0.2, 0) is 22.1 Å². The molecule has 0 bridgehead atoms. The summed E-state index contributed by atoms with van der Waals surface area (Å²) < 4.78 is 14.6. The normalized spacial score (nSPS) is 17.2. The van der Waals surface area contributed by atoms with Gasteiger partial charge in [0.15, 0.2) is 5.82 Å². The molecule has 0 aromatic carbocycles. The lowest BCUT2D eigenvalue weighted by Crippen LogP contribution is -2.35. The van der Waals surface area contributed by atoms with Crippen molar-refractivity contribution < 1.29 is 9.47 Å². The molecule has 0 radical (unpaired) electrons. The molecule has 9 heteroatoms. The fourth-order valence-electron chi connectivity index (χ4n) is 2.83. The summed E-state index contributed by atoms with van der Waals surface area (Å²) in [6.45, 7) is 1.39. The molecule has 1 saturated heterocycles. The van der Waals surface area contributed by atoms with Crippen molar-refractivity contribution in [3.63, 3.8) is 0 Å². The molecule has 0 amide bonds. The Hall–Kier alpha value is -2.10. The van der Waals surface area contributed by atoms with Crippen LogP contribution in [0.4, 0.5) is 0 Å². The van der Waals surface area contributed by atoms with Crippen LogP contribution in [0.1, 0.15) is 17.8 Å². The summed E-state index contributed by atoms with van der Waals surface area (Å²) in [6, 6.07) is 1.88. The molecule has 3 aromatic rings. The smallest absolute Gasteiger partial charge is 0.176 e. The summed E-state index contributed by atoms with van der Waals surface area (Å²) in [4.78, 5) is 4.76. The molecule has 1 fully saturated rings. The third kappa shape index (κ3) is 2.64. The van der Waals surface area contributed by atoms with E-state index in [1.54, 1.807) is 27.8 Å². The summed E-state index contributed by atoms with van der Waals surface area (Å²) in [7, 11) is 3.61. The standard InChI is InChI=1S/C15H18N6O2S/c1-20-6-3-13(18-20)21-9-11(17-19-21)12-10-24-14(16-12)15(22-2)4-7-23-8-5-15/h3,6,9-10H,4-5,7-8H2,1-2H3. The van der Waals surface area contributed by atoms with Crippen molar-refractivity contribution in [2.45, 2.75) is 18.4 Å². The molecule has 0 saturated carbocycles. The van der Waals surface area contributed by atoms with Crippen LogP contribution in [0.3, 0.4) is 0 Å². The van der Waals surface area contributed by atoms with Gasteiger partial charge >= 0.3 is 0 Å². The maximum absolute atomic E-state index is 5.81. The highest BCUT2D eigenvalue weighted by molar-refractivity contribution is 7.10. The van der Waals surface area contributed by atoms with Gasteiger partial charge in [-0.2, -0.15) is 9.78 Å². The maximum atomic E-state index is 5.81. The van der Waals surface area contributed by atoms with E-state index in [0.717, 1.165) is 35.1 Å². The van der Waals surface area contributed by atoms with Gasteiger partial charge in [0.1, 0.15) is 22.0 Å². The topological polar surface area (TPSA) is 79.9 Å². The quantitative estimate of drug-likeness (QED) is 0.716. The summed E-state index contributed by atoms with van der Waals surface area (Å²) in [5.41, 5.74) is 1.18. The van der Waals surface area contributed by atoms with Crippen LogP contribution >= 0.6 is 11.3 Å². The molecule has 1 aliphatic heterocycles. The molecule has 4 heterocycles. The summed E-state index contributed by atoms with van der Waals surface area (Å²) in [5.74, 6) is 0.726. The first-order valence-electron chi connectivity index (χ1n) is 7.72. The first-order valence-corrected chi connectivity index (χ1v) is 8.60. The number of ether oxygens (including phenoxy) is 2. The van der Waals surface area contributed by atoms with Crippen molar-refractivity contribution in [1.29, 1.82) is 0 Å². The Morgan fingerprint density at radius 2 is 2.12 bits per heavy atom. The van der Waals surface area contributed by atoms with Gasteiger partial charge in [-0.25, -0.2) is 4.98 Å². The fourth-order valence-corrected chi connectivity index (χ4v) is 3.88. The van der Waals surface area contributed by atoms with Crippen LogP contribution in [0.25, 0.3) is 17.2 Å². The van der Waals surface area contributed by atoms with E-state index >= 15 is 0 Å². The molecule has 0 atom stereocenters. The zero-order valence-corrected chi connectivity index (χ0v) is 14.4. The van der Waals surface area contributed by atoms with Gasteiger partial charge in [-0.05, 0) is 0 Å². The average molecular weight is 346 g/mol. The molecule has 4 rings (SSSR count). The van der Waals surface area contributed by atoms with Crippen molar-refractivity contribution in [1.82, 2.24) is 29.8 Å². The minimum absolute atomic E-state index is 0.349. The second-order valence-corrected chi connectivity index (χ2v) is 6.60. The molecular weight excluding hydrogens is 328 g/mol. The van der Waals surface area contributed by atoms with Gasteiger partial charge in [0.05, 0.1) is 6.20 Å². The highest BCUT2D eigenvalue weighted by Crippen LogP contribution is 2.38. The Bertz CT molecular complexity index is 833. The van der Waals surface area contributed by atoms with E-state index in [0.29, 0.717) is 13.2 Å². The predicted molar refractivity (Wildman–Crippen MR) is 88.0 cm³/mol. The number of hydrogen-bond donors (Lipinski definition) is 0. The number of aromatic nitrogens is 6. The van der Waals surface area contributed by atoms with Gasteiger partial charge in [-0.3, -0.25) is 4.68 Å². The van der Waals surface area contributed by atoms with E-state index in [4.69, 9.17) is 14.5 Å². The van der Waals surface area contributed by atoms with Crippen molar-refractivity contribution in [3.05, 3.63) is 28.8 Å². The Balaban J connectivity index is 1.62. The van der Waals surface area contributed by atoms with Crippen molar-refractivity contribution in [3.8, 4) is 17.2 Å². The van der Waals surface area contributed by atoms with Crippen LogP contribution in [0, 0.1) is 0 Å². The summed E-state index contributed by atoms with van der Waals surface area (Å²) >= 11 is 1.60. The molecule has 1 aliphatic rings. The second-order valence-electron chi connectivity index (χ2n) is 5.74. The van der Waals surface area contributed by atoms with Gasteiger partial charge in [0, 0.05) is 57.9 Å². The second kappa shape index (κ2) is 6.08. The zero-order valence-electron chi connectivity index (χ0n) is 13.5. The van der Waals surface area contributed by atoms with Crippen LogP contribution < -0.4 is 0 Å². The molecule has 0 aliphatic carbocycles. The van der Waals surface area contributed by atoms with E-state index in [9.17, 15) is 0 Å². The van der Waals surface area contributed by atoms with Gasteiger partial charge in [-0.1, -0.05) is 5.21 Å². The van der Waals surface area contributed by atoms with E-state index in [-0.39, 0.29) is 5.60 Å². The first-order chi connectivity index (χ1) is 11.7. The van der Waals surface area contributed by atoms with Gasteiger partial charge in [0.25, 0.3) is 0 Å². The minimum atomic E-state index is -0.349. The van der Waals surface area contributed by atoms with Gasteiger partial charge in [0.2, 0.25) is 0 Å². The molecule has 8 nitrogen and oxygen atoms in total. The highest BCUT2D eigenvalue weighted by atomic mass is 32.1. The predicted octanol–water partition coefficient (Wildman–Crippen LogP) is 1.78. The monoisotopic (exact) mass is 346 g/mol. The van der Waals surface area contributed by atoms with Crippen LogP contribution in [-0.4, -0.2) is 50.1 Å². The number of nitrogens with zero attached hydrogens (tertiary/aromatic N) is 6. The van der Waals surface area contributed by atoms with E-state index in [2.05, 4.69) is 15.4 Å². The lowest BCUT2D eigenvalue weighted by molar-refractivity contribution is -0.0947. The Morgan fingerprint density at radius 1 is 1.29 bits per heavy atom. The molecular formula is C15H18N6O2S. The zero-order chi connectivity index (χ0) is 16.6. The van der Waals surface area contributed by atoms with Crippen molar-refractivity contribution in [2.75, 3.05) is 20.3 Å². The van der Waals surface area contributed by atoms with Crippen LogP contribution in [0.2, 0.25) is 0 Å². The number of aryl methyl sites for hydroxylation is 1. The van der Waals surface area contributed by atoms with Gasteiger partial charge < -0.3 is 9.47 Å². The summed E-state index contributed by atoms with van der Waals surface area (Å²) in [5, 5.41) is 15.6. The molecule has 126 valence electrons. The Labute approximate surface area is 143 Å². The van der Waals surface area contributed by atoms with Crippen molar-refractivity contribution in [2.24, 2.45) is 7.05 Å². The van der Waals surface area contributed by atoms with Crippen molar-refractivity contribution >= 4 is 11.3 Å². The molecule has 0 unspecified atom stereocenters. The first kappa shape index (κ1) is 15.4. The van der Waals surface area contributed by atoms with E-state index < -0.39 is 0 Å². The minimum Gasteiger partial charge on any atom is -0.381 e. The molecule has 3 aromatic heterocycles. The third-order valence-corrected chi connectivity index (χ3v) is 5.30. The molecule has 24 heavy (non-hydrogen) atoms. The number of methoxy groups -OCH3 is 1. The largest absolute Gasteiger partial charge is 0.381 e. The Morgan fingerprint density at radius 3 is 2.83 bits per heavy atom. The Kier molecular flexibility index (Phi) is 3.91. The van der Waals surface area contributed by atoms with E-state index in [1.807, 2.05) is 30.9 Å².